The summed E-state index contributed by atoms with van der Waals surface area (Å²) in [6, 6.07) is 5.18. The van der Waals surface area contributed by atoms with E-state index in [4.69, 9.17) is 0 Å². The van der Waals surface area contributed by atoms with Gasteiger partial charge in [0.1, 0.15) is 0 Å². The minimum atomic E-state index is -3.02. The molecule has 0 spiro atoms. The largest absolute Gasteiger partial charge is 0.478 e. The van der Waals surface area contributed by atoms with E-state index in [0.717, 1.165) is 0 Å². The number of rotatable bonds is 5. The number of hydrogen-bond donors (Lipinski definition) is 2. The zero-order valence-corrected chi connectivity index (χ0v) is 12.8. The number of carboxylic acid groups (broad SMARTS) is 1. The van der Waals surface area contributed by atoms with E-state index in [0.29, 0.717) is 23.4 Å². The van der Waals surface area contributed by atoms with E-state index >= 15 is 0 Å². The van der Waals surface area contributed by atoms with Crippen molar-refractivity contribution < 1.29 is 18.3 Å². The molecular weight excluding hydrogens is 298 g/mol. The van der Waals surface area contributed by atoms with Crippen molar-refractivity contribution in [3.05, 3.63) is 23.8 Å². The summed E-state index contributed by atoms with van der Waals surface area (Å²) < 4.78 is 23.5. The third-order valence-corrected chi connectivity index (χ3v) is 6.50. The summed E-state index contributed by atoms with van der Waals surface area (Å²) in [7, 11) is -3.02. The molecular formula is C13H17NO4S2. The molecule has 0 radical (unpaired) electrons. The van der Waals surface area contributed by atoms with Gasteiger partial charge < -0.3 is 10.4 Å². The van der Waals surface area contributed by atoms with E-state index in [1.54, 1.807) is 18.2 Å². The van der Waals surface area contributed by atoms with Crippen molar-refractivity contribution in [3.8, 4) is 0 Å². The molecule has 110 valence electrons. The van der Waals surface area contributed by atoms with Gasteiger partial charge in [-0.2, -0.15) is 0 Å². The number of aromatic carboxylic acids is 1. The monoisotopic (exact) mass is 315 g/mol. The van der Waals surface area contributed by atoms with E-state index in [1.807, 2.05) is 6.26 Å². The molecule has 1 aliphatic rings. The summed E-state index contributed by atoms with van der Waals surface area (Å²) in [6.07, 6.45) is 3.14. The Kier molecular flexibility index (Phi) is 4.59. The second-order valence-corrected chi connectivity index (χ2v) is 7.95. The van der Waals surface area contributed by atoms with Gasteiger partial charge in [-0.25, -0.2) is 13.2 Å². The van der Waals surface area contributed by atoms with Gasteiger partial charge in [-0.3, -0.25) is 0 Å². The number of nitrogens with one attached hydrogen (secondary N) is 1. The number of anilines is 1. The Morgan fingerprint density at radius 1 is 1.50 bits per heavy atom. The maximum atomic E-state index is 11.8. The van der Waals surface area contributed by atoms with E-state index in [-0.39, 0.29) is 17.9 Å². The Morgan fingerprint density at radius 3 is 2.80 bits per heavy atom. The third-order valence-electron chi connectivity index (χ3n) is 3.44. The van der Waals surface area contributed by atoms with Gasteiger partial charge in [-0.05, 0) is 31.2 Å². The lowest BCUT2D eigenvalue weighted by Gasteiger charge is -2.15. The van der Waals surface area contributed by atoms with E-state index in [1.165, 1.54) is 11.8 Å². The number of carbonyl (C=O) groups is 1. The molecule has 1 saturated heterocycles. The smallest absolute Gasteiger partial charge is 0.338 e. The summed E-state index contributed by atoms with van der Waals surface area (Å²) in [5, 5.41) is 11.9. The molecule has 1 atom stereocenters. The van der Waals surface area contributed by atoms with Crippen LogP contribution in [0.5, 0.6) is 0 Å². The molecule has 0 saturated carbocycles. The molecule has 1 aromatic rings. The first-order valence-electron chi connectivity index (χ1n) is 6.31. The number of sulfone groups is 1. The van der Waals surface area contributed by atoms with Crippen molar-refractivity contribution in [2.24, 2.45) is 0 Å². The normalized spacial score (nSPS) is 20.8. The fraction of sp³-hybridized carbons (Fsp3) is 0.462. The van der Waals surface area contributed by atoms with Gasteiger partial charge in [0.25, 0.3) is 0 Å². The summed E-state index contributed by atoms with van der Waals surface area (Å²) in [5.41, 5.74) is 0.682. The molecule has 1 unspecified atom stereocenters. The number of hydrogen-bond acceptors (Lipinski definition) is 5. The summed E-state index contributed by atoms with van der Waals surface area (Å²) in [5.74, 6) is -0.776. The van der Waals surface area contributed by atoms with Gasteiger partial charge >= 0.3 is 5.97 Å². The topological polar surface area (TPSA) is 83.5 Å². The lowest BCUT2D eigenvalue weighted by atomic mass is 10.1. The predicted molar refractivity (Wildman–Crippen MR) is 80.5 cm³/mol. The summed E-state index contributed by atoms with van der Waals surface area (Å²) in [4.78, 5) is 12.0. The SMILES string of the molecule is CSc1cccc(NCC2CCCS2(=O)=O)c1C(=O)O. The van der Waals surface area contributed by atoms with Crippen LogP contribution in [0.4, 0.5) is 5.69 Å². The molecule has 2 rings (SSSR count). The van der Waals surface area contributed by atoms with Crippen LogP contribution in [0.3, 0.4) is 0 Å². The minimum absolute atomic E-state index is 0.204. The Hall–Kier alpha value is -1.21. The standard InChI is InChI=1S/C13H17NO4S2/c1-19-11-6-2-5-10(12(11)13(15)16)14-8-9-4-3-7-20(9,17)18/h2,5-6,9,14H,3-4,7-8H2,1H3,(H,15,16). The molecule has 1 fully saturated rings. The molecule has 0 bridgehead atoms. The van der Waals surface area contributed by atoms with E-state index in [2.05, 4.69) is 5.32 Å². The van der Waals surface area contributed by atoms with E-state index < -0.39 is 21.1 Å². The lowest BCUT2D eigenvalue weighted by Crippen LogP contribution is -2.25. The Morgan fingerprint density at radius 2 is 2.25 bits per heavy atom. The average Bonchev–Trinajstić information content (AvgIpc) is 2.74. The molecule has 1 aliphatic heterocycles. The third kappa shape index (κ3) is 3.09. The van der Waals surface area contributed by atoms with Crippen LogP contribution in [0.15, 0.2) is 23.1 Å². The highest BCUT2D eigenvalue weighted by Crippen LogP contribution is 2.28. The van der Waals surface area contributed by atoms with Crippen LogP contribution in [0.2, 0.25) is 0 Å². The van der Waals surface area contributed by atoms with Gasteiger partial charge in [0.15, 0.2) is 9.84 Å². The van der Waals surface area contributed by atoms with Gasteiger partial charge in [-0.15, -0.1) is 11.8 Å². The van der Waals surface area contributed by atoms with Crippen molar-refractivity contribution in [2.75, 3.05) is 23.9 Å². The van der Waals surface area contributed by atoms with Crippen molar-refractivity contribution in [1.29, 1.82) is 0 Å². The molecule has 2 N–H and O–H groups in total. The van der Waals surface area contributed by atoms with Crippen LogP contribution in [0.25, 0.3) is 0 Å². The van der Waals surface area contributed by atoms with Gasteiger partial charge in [0.2, 0.25) is 0 Å². The number of benzene rings is 1. The lowest BCUT2D eigenvalue weighted by molar-refractivity contribution is 0.0694. The van der Waals surface area contributed by atoms with Crippen LogP contribution in [0.1, 0.15) is 23.2 Å². The highest BCUT2D eigenvalue weighted by atomic mass is 32.2. The van der Waals surface area contributed by atoms with Gasteiger partial charge in [0, 0.05) is 17.1 Å². The first-order chi connectivity index (χ1) is 9.45. The summed E-state index contributed by atoms with van der Waals surface area (Å²) in [6.45, 7) is 0.264. The zero-order chi connectivity index (χ0) is 14.8. The highest BCUT2D eigenvalue weighted by molar-refractivity contribution is 7.98. The Labute approximate surface area is 122 Å². The molecule has 20 heavy (non-hydrogen) atoms. The molecule has 0 aliphatic carbocycles. The molecule has 5 nitrogen and oxygen atoms in total. The Bertz CT molecular complexity index is 613. The zero-order valence-electron chi connectivity index (χ0n) is 11.1. The van der Waals surface area contributed by atoms with Gasteiger partial charge in [0.05, 0.1) is 16.6 Å². The second-order valence-electron chi connectivity index (χ2n) is 4.70. The predicted octanol–water partition coefficient (Wildman–Crippen LogP) is 2.10. The maximum absolute atomic E-state index is 11.8. The van der Waals surface area contributed by atoms with Crippen molar-refractivity contribution in [1.82, 2.24) is 0 Å². The number of thioether (sulfide) groups is 1. The minimum Gasteiger partial charge on any atom is -0.478 e. The van der Waals surface area contributed by atoms with Crippen molar-refractivity contribution >= 4 is 33.3 Å². The van der Waals surface area contributed by atoms with Crippen LogP contribution < -0.4 is 5.32 Å². The fourth-order valence-electron chi connectivity index (χ4n) is 2.38. The van der Waals surface area contributed by atoms with Crippen LogP contribution in [-0.2, 0) is 9.84 Å². The van der Waals surface area contributed by atoms with Crippen LogP contribution in [-0.4, -0.2) is 43.3 Å². The van der Waals surface area contributed by atoms with Gasteiger partial charge in [-0.1, -0.05) is 6.07 Å². The average molecular weight is 315 g/mol. The number of carboxylic acids is 1. The summed E-state index contributed by atoms with van der Waals surface area (Å²) >= 11 is 1.36. The molecule has 0 amide bonds. The van der Waals surface area contributed by atoms with Crippen LogP contribution >= 0.6 is 11.8 Å². The fourth-order valence-corrected chi connectivity index (χ4v) is 4.76. The molecule has 7 heteroatoms. The first-order valence-corrected chi connectivity index (χ1v) is 9.25. The quantitative estimate of drug-likeness (QED) is 0.810. The second kappa shape index (κ2) is 6.05. The van der Waals surface area contributed by atoms with Crippen LogP contribution in [0, 0.1) is 0 Å². The van der Waals surface area contributed by atoms with E-state index in [9.17, 15) is 18.3 Å². The Balaban J connectivity index is 2.20. The first kappa shape index (κ1) is 15.2. The maximum Gasteiger partial charge on any atom is 0.338 e. The van der Waals surface area contributed by atoms with Crippen molar-refractivity contribution in [2.45, 2.75) is 23.0 Å². The molecule has 0 aromatic heterocycles. The molecule has 1 heterocycles. The highest BCUT2D eigenvalue weighted by Gasteiger charge is 2.31. The molecule has 1 aromatic carbocycles. The van der Waals surface area contributed by atoms with Crippen molar-refractivity contribution in [3.63, 3.8) is 0 Å².